The van der Waals surface area contributed by atoms with Crippen LogP contribution >= 0.6 is 0 Å². The molecule has 0 aliphatic rings. The lowest BCUT2D eigenvalue weighted by molar-refractivity contribution is -0.161. The van der Waals surface area contributed by atoms with E-state index in [0.29, 0.717) is 6.42 Å². The number of esters is 4. The number of allylic oxidation sites excluding steroid dienone is 3. The Labute approximate surface area is 162 Å². The van der Waals surface area contributed by atoms with Crippen LogP contribution in [0, 0.1) is 17.8 Å². The van der Waals surface area contributed by atoms with Crippen molar-refractivity contribution in [3.63, 3.8) is 0 Å². The van der Waals surface area contributed by atoms with Gasteiger partial charge in [0.2, 0.25) is 0 Å². The molecule has 0 aromatic rings. The van der Waals surface area contributed by atoms with E-state index in [-0.39, 0.29) is 14.3 Å². The third-order valence-electron chi connectivity index (χ3n) is 3.39. The summed E-state index contributed by atoms with van der Waals surface area (Å²) in [5.74, 6) is -4.37. The summed E-state index contributed by atoms with van der Waals surface area (Å²) in [6.45, 7) is 7.01. The molecule has 0 spiro atoms. The second-order valence-electron chi connectivity index (χ2n) is 5.02. The van der Waals surface area contributed by atoms with Crippen LogP contribution in [0.3, 0.4) is 0 Å². The Morgan fingerprint density at radius 1 is 0.852 bits per heavy atom. The van der Waals surface area contributed by atoms with Crippen molar-refractivity contribution in [1.29, 1.82) is 0 Å². The predicted octanol–water partition coefficient (Wildman–Crippen LogP) is 1.30. The third-order valence-corrected chi connectivity index (χ3v) is 3.39. The molecule has 0 fully saturated rings. The van der Waals surface area contributed by atoms with E-state index in [0.717, 1.165) is 0 Å². The van der Waals surface area contributed by atoms with E-state index in [1.165, 1.54) is 34.5 Å². The van der Waals surface area contributed by atoms with E-state index in [1.54, 1.807) is 19.1 Å². The molecule has 0 unspecified atom stereocenters. The summed E-state index contributed by atoms with van der Waals surface area (Å²) >= 11 is 0. The zero-order valence-corrected chi connectivity index (χ0v) is 16.7. The molecule has 0 heterocycles. The first kappa shape index (κ1) is 29.2. The molecule has 3 radical (unpaired) electrons. The number of methoxy groups -OCH3 is 4. The topological polar surface area (TPSA) is 105 Å². The maximum Gasteiger partial charge on any atom is 0.320 e. The highest BCUT2D eigenvalue weighted by Gasteiger charge is 2.32. The lowest BCUT2D eigenvalue weighted by atomic mass is 9.94. The van der Waals surface area contributed by atoms with Crippen LogP contribution in [-0.4, -0.2) is 60.7 Å². The van der Waals surface area contributed by atoms with Gasteiger partial charge >= 0.3 is 23.9 Å². The van der Waals surface area contributed by atoms with Crippen LogP contribution in [0.2, 0.25) is 0 Å². The molecule has 9 heteroatoms. The molecule has 0 bridgehead atoms. The minimum Gasteiger partial charge on any atom is -0.468 e. The molecule has 1 atom stereocenters. The molecule has 8 nitrogen and oxygen atoms in total. The maximum absolute atomic E-state index is 11.1. The van der Waals surface area contributed by atoms with Gasteiger partial charge in [0.25, 0.3) is 0 Å². The number of carbonyl (C=O) groups is 4. The molecule has 0 aliphatic heterocycles. The zero-order chi connectivity index (χ0) is 20.7. The SMILES string of the molecule is C/C=C/CC(C(=O)OC)C(=O)OC.C=C[C@H](C)C(C(=O)OC)C(=O)OC.[B]. The lowest BCUT2D eigenvalue weighted by Gasteiger charge is -2.15. The summed E-state index contributed by atoms with van der Waals surface area (Å²) < 4.78 is 17.9. The van der Waals surface area contributed by atoms with Gasteiger partial charge in [-0.1, -0.05) is 25.2 Å². The molecule has 0 saturated carbocycles. The fraction of sp³-hybridized carbons (Fsp3) is 0.556. The van der Waals surface area contributed by atoms with E-state index in [9.17, 15) is 19.2 Å². The standard InChI is InChI=1S/2C9H14O4.B/c1-5-6(2)7(8(10)12-3)9(11)13-4;1-4-5-6-7(8(10)12-2)9(11)13-3;/h5-7H,1H2,2-4H3;4-5,7H,6H2,1-3H3;/b;5-4+;/t6-;;/m0../s1. The molecule has 0 amide bonds. The molecule has 151 valence electrons. The molecular weight excluding hydrogens is 355 g/mol. The highest BCUT2D eigenvalue weighted by molar-refractivity contribution is 5.95. The highest BCUT2D eigenvalue weighted by Crippen LogP contribution is 2.15. The van der Waals surface area contributed by atoms with Crippen LogP contribution < -0.4 is 0 Å². The first-order valence-electron chi connectivity index (χ1n) is 7.80. The van der Waals surface area contributed by atoms with Gasteiger partial charge < -0.3 is 18.9 Å². The second-order valence-corrected chi connectivity index (χ2v) is 5.02. The van der Waals surface area contributed by atoms with E-state index < -0.39 is 35.7 Å². The number of ether oxygens (including phenoxy) is 4. The minimum absolute atomic E-state index is 0. The molecule has 0 N–H and O–H groups in total. The molecule has 0 saturated heterocycles. The van der Waals surface area contributed by atoms with Crippen molar-refractivity contribution in [2.24, 2.45) is 17.8 Å². The van der Waals surface area contributed by atoms with Gasteiger partial charge in [0, 0.05) is 8.41 Å². The third kappa shape index (κ3) is 10.9. The average Bonchev–Trinajstić information content (AvgIpc) is 2.67. The zero-order valence-electron chi connectivity index (χ0n) is 16.7. The van der Waals surface area contributed by atoms with Crippen LogP contribution in [0.1, 0.15) is 20.3 Å². The molecule has 0 aromatic heterocycles. The van der Waals surface area contributed by atoms with Crippen LogP contribution in [0.25, 0.3) is 0 Å². The summed E-state index contributed by atoms with van der Waals surface area (Å²) in [5.41, 5.74) is 0. The Balaban J connectivity index is -0.000000411. The van der Waals surface area contributed by atoms with Crippen molar-refractivity contribution in [2.45, 2.75) is 20.3 Å². The van der Waals surface area contributed by atoms with Gasteiger partial charge in [-0.15, -0.1) is 6.58 Å². The van der Waals surface area contributed by atoms with Crippen LogP contribution in [-0.2, 0) is 38.1 Å². The maximum atomic E-state index is 11.1. The number of rotatable bonds is 8. The average molecular weight is 383 g/mol. The Bertz CT molecular complexity index is 483. The van der Waals surface area contributed by atoms with Gasteiger partial charge in [-0.05, 0) is 19.3 Å². The van der Waals surface area contributed by atoms with E-state index in [2.05, 4.69) is 25.5 Å². The number of hydrogen-bond acceptors (Lipinski definition) is 8. The van der Waals surface area contributed by atoms with Crippen LogP contribution in [0.5, 0.6) is 0 Å². The molecule has 27 heavy (non-hydrogen) atoms. The van der Waals surface area contributed by atoms with Crippen molar-refractivity contribution in [3.8, 4) is 0 Å². The lowest BCUT2D eigenvalue weighted by Crippen LogP contribution is -2.31. The predicted molar refractivity (Wildman–Crippen MR) is 99.6 cm³/mol. The van der Waals surface area contributed by atoms with Gasteiger partial charge in [0.05, 0.1) is 28.4 Å². The molecule has 0 aliphatic carbocycles. The van der Waals surface area contributed by atoms with Crippen molar-refractivity contribution >= 4 is 32.3 Å². The van der Waals surface area contributed by atoms with Crippen LogP contribution in [0.4, 0.5) is 0 Å². The summed E-state index contributed by atoms with van der Waals surface area (Å²) in [4.78, 5) is 44.4. The quantitative estimate of drug-likeness (QED) is 0.203. The largest absolute Gasteiger partial charge is 0.468 e. The first-order chi connectivity index (χ1) is 12.2. The van der Waals surface area contributed by atoms with Gasteiger partial charge in [0.15, 0.2) is 11.8 Å². The fourth-order valence-corrected chi connectivity index (χ4v) is 1.76. The monoisotopic (exact) mass is 383 g/mol. The second kappa shape index (κ2) is 16.9. The van der Waals surface area contributed by atoms with Crippen molar-refractivity contribution < 1.29 is 38.1 Å². The molecular formula is C18H28BO8. The normalized spacial score (nSPS) is 10.8. The van der Waals surface area contributed by atoms with E-state index in [1.807, 2.05) is 6.92 Å². The number of carbonyl (C=O) groups excluding carboxylic acids is 4. The van der Waals surface area contributed by atoms with E-state index in [4.69, 9.17) is 0 Å². The van der Waals surface area contributed by atoms with Gasteiger partial charge in [-0.3, -0.25) is 19.2 Å². The van der Waals surface area contributed by atoms with Crippen LogP contribution in [0.15, 0.2) is 24.8 Å². The molecule has 0 rings (SSSR count). The van der Waals surface area contributed by atoms with Crippen molar-refractivity contribution in [3.05, 3.63) is 24.8 Å². The Morgan fingerprint density at radius 3 is 1.48 bits per heavy atom. The highest BCUT2D eigenvalue weighted by atomic mass is 16.5. The van der Waals surface area contributed by atoms with E-state index >= 15 is 0 Å². The summed E-state index contributed by atoms with van der Waals surface area (Å²) in [6, 6.07) is 0. The van der Waals surface area contributed by atoms with Crippen molar-refractivity contribution in [1.82, 2.24) is 0 Å². The molecule has 0 aromatic carbocycles. The first-order valence-corrected chi connectivity index (χ1v) is 7.80. The number of hydrogen-bond donors (Lipinski definition) is 0. The summed E-state index contributed by atoms with van der Waals surface area (Å²) in [5, 5.41) is 0. The Kier molecular flexibility index (Phi) is 18.2. The Morgan fingerprint density at radius 2 is 1.22 bits per heavy atom. The fourth-order valence-electron chi connectivity index (χ4n) is 1.76. The van der Waals surface area contributed by atoms with Gasteiger partial charge in [0.1, 0.15) is 0 Å². The smallest absolute Gasteiger partial charge is 0.320 e. The van der Waals surface area contributed by atoms with Crippen molar-refractivity contribution in [2.75, 3.05) is 28.4 Å². The van der Waals surface area contributed by atoms with Gasteiger partial charge in [-0.2, -0.15) is 0 Å². The summed E-state index contributed by atoms with van der Waals surface area (Å²) in [7, 11) is 4.95. The summed E-state index contributed by atoms with van der Waals surface area (Å²) in [6.07, 6.45) is 5.31. The minimum atomic E-state index is -0.910. The Hall–Kier alpha value is -2.58. The van der Waals surface area contributed by atoms with Gasteiger partial charge in [-0.25, -0.2) is 0 Å².